The second-order valence-electron chi connectivity index (χ2n) is 4.65. The summed E-state index contributed by atoms with van der Waals surface area (Å²) in [6.45, 7) is 7.88. The summed E-state index contributed by atoms with van der Waals surface area (Å²) < 4.78 is 0. The van der Waals surface area contributed by atoms with Crippen LogP contribution in [0.25, 0.3) is 0 Å². The summed E-state index contributed by atoms with van der Waals surface area (Å²) in [5.74, 6) is 2.04. The van der Waals surface area contributed by atoms with Crippen LogP contribution in [0.3, 0.4) is 0 Å². The number of rotatable bonds is 4. The standard InChI is InChI=1S/C13H26N2/c1-4-12(5-2)11(3)15-13-9-7-6-8-10-14-13/h11-12H,4-10H2,1-3H3,(H,14,15). The third kappa shape index (κ3) is 4.23. The fraction of sp³-hybridized carbons (Fsp3) is 0.923. The van der Waals surface area contributed by atoms with Crippen LogP contribution in [0.5, 0.6) is 0 Å². The molecule has 88 valence electrons. The lowest BCUT2D eigenvalue weighted by atomic mass is 9.95. The quantitative estimate of drug-likeness (QED) is 0.756. The van der Waals surface area contributed by atoms with Crippen LogP contribution < -0.4 is 5.32 Å². The Morgan fingerprint density at radius 2 is 1.93 bits per heavy atom. The first-order valence-electron chi connectivity index (χ1n) is 6.57. The minimum atomic E-state index is 0.580. The average Bonchev–Trinajstić information content (AvgIpc) is 2.48. The molecular weight excluding hydrogens is 184 g/mol. The van der Waals surface area contributed by atoms with Crippen molar-refractivity contribution in [2.45, 2.75) is 65.3 Å². The van der Waals surface area contributed by atoms with Gasteiger partial charge in [-0.05, 0) is 25.7 Å². The monoisotopic (exact) mass is 210 g/mol. The van der Waals surface area contributed by atoms with Crippen molar-refractivity contribution in [1.29, 1.82) is 0 Å². The van der Waals surface area contributed by atoms with E-state index < -0.39 is 0 Å². The minimum absolute atomic E-state index is 0.580. The van der Waals surface area contributed by atoms with E-state index in [1.54, 1.807) is 0 Å². The summed E-state index contributed by atoms with van der Waals surface area (Å²) in [5.41, 5.74) is 0. The highest BCUT2D eigenvalue weighted by atomic mass is 15.0. The lowest BCUT2D eigenvalue weighted by Crippen LogP contribution is -2.37. The molecule has 0 spiro atoms. The van der Waals surface area contributed by atoms with Crippen LogP contribution in [0, 0.1) is 5.92 Å². The van der Waals surface area contributed by atoms with Crippen LogP contribution in [-0.2, 0) is 0 Å². The van der Waals surface area contributed by atoms with Crippen LogP contribution >= 0.6 is 0 Å². The molecule has 0 saturated carbocycles. The Labute approximate surface area is 94.6 Å². The summed E-state index contributed by atoms with van der Waals surface area (Å²) in [6.07, 6.45) is 7.60. The molecule has 1 N–H and O–H groups in total. The molecule has 15 heavy (non-hydrogen) atoms. The van der Waals surface area contributed by atoms with Crippen molar-refractivity contribution >= 4 is 5.84 Å². The zero-order valence-electron chi connectivity index (χ0n) is 10.6. The summed E-state index contributed by atoms with van der Waals surface area (Å²) in [7, 11) is 0. The minimum Gasteiger partial charge on any atom is -0.371 e. The summed E-state index contributed by atoms with van der Waals surface area (Å²) in [5, 5.41) is 3.61. The number of nitrogens with zero attached hydrogens (tertiary/aromatic N) is 1. The van der Waals surface area contributed by atoms with Gasteiger partial charge in [0.25, 0.3) is 0 Å². The zero-order valence-corrected chi connectivity index (χ0v) is 10.6. The molecule has 0 amide bonds. The van der Waals surface area contributed by atoms with E-state index in [9.17, 15) is 0 Å². The predicted molar refractivity (Wildman–Crippen MR) is 67.4 cm³/mol. The Morgan fingerprint density at radius 3 is 2.60 bits per heavy atom. The van der Waals surface area contributed by atoms with E-state index in [-0.39, 0.29) is 0 Å². The Bertz CT molecular complexity index is 195. The van der Waals surface area contributed by atoms with E-state index in [0.29, 0.717) is 6.04 Å². The maximum Gasteiger partial charge on any atom is 0.0965 e. The van der Waals surface area contributed by atoms with Gasteiger partial charge in [-0.3, -0.25) is 4.99 Å². The molecule has 0 aromatic heterocycles. The molecular formula is C13H26N2. The van der Waals surface area contributed by atoms with E-state index in [1.807, 2.05) is 0 Å². The molecule has 0 aromatic carbocycles. The fourth-order valence-corrected chi connectivity index (χ4v) is 2.37. The molecule has 1 rings (SSSR count). The molecule has 1 heterocycles. The van der Waals surface area contributed by atoms with Gasteiger partial charge in [0.05, 0.1) is 5.84 Å². The van der Waals surface area contributed by atoms with E-state index >= 15 is 0 Å². The molecule has 1 aliphatic heterocycles. The highest BCUT2D eigenvalue weighted by Crippen LogP contribution is 2.14. The van der Waals surface area contributed by atoms with Crippen LogP contribution in [0.2, 0.25) is 0 Å². The van der Waals surface area contributed by atoms with Gasteiger partial charge in [-0.15, -0.1) is 0 Å². The molecule has 1 aliphatic rings. The number of hydrogen-bond acceptors (Lipinski definition) is 2. The molecule has 0 aliphatic carbocycles. The number of nitrogens with one attached hydrogen (secondary N) is 1. The first kappa shape index (κ1) is 12.5. The van der Waals surface area contributed by atoms with Gasteiger partial charge in [0.15, 0.2) is 0 Å². The first-order valence-corrected chi connectivity index (χ1v) is 6.57. The predicted octanol–water partition coefficient (Wildman–Crippen LogP) is 3.37. The molecule has 1 atom stereocenters. The molecule has 2 heteroatoms. The largest absolute Gasteiger partial charge is 0.371 e. The van der Waals surface area contributed by atoms with Gasteiger partial charge >= 0.3 is 0 Å². The van der Waals surface area contributed by atoms with Gasteiger partial charge in [0.1, 0.15) is 0 Å². The molecule has 0 bridgehead atoms. The third-order valence-electron chi connectivity index (χ3n) is 3.52. The van der Waals surface area contributed by atoms with Crippen molar-refractivity contribution in [3.63, 3.8) is 0 Å². The average molecular weight is 210 g/mol. The molecule has 0 fully saturated rings. The van der Waals surface area contributed by atoms with E-state index in [4.69, 9.17) is 0 Å². The van der Waals surface area contributed by atoms with Crippen LogP contribution in [0.4, 0.5) is 0 Å². The topological polar surface area (TPSA) is 24.4 Å². The number of hydrogen-bond donors (Lipinski definition) is 1. The van der Waals surface area contributed by atoms with Crippen molar-refractivity contribution in [1.82, 2.24) is 5.32 Å². The smallest absolute Gasteiger partial charge is 0.0965 e. The summed E-state index contributed by atoms with van der Waals surface area (Å²) in [6, 6.07) is 0.580. The second kappa shape index (κ2) is 6.86. The SMILES string of the molecule is CCC(CC)C(C)NC1=NCCCCC1. The van der Waals surface area contributed by atoms with Crippen LogP contribution in [-0.4, -0.2) is 18.4 Å². The lowest BCUT2D eigenvalue weighted by Gasteiger charge is -2.24. The normalized spacial score (nSPS) is 19.6. The maximum absolute atomic E-state index is 4.62. The molecule has 0 radical (unpaired) electrons. The van der Waals surface area contributed by atoms with E-state index in [2.05, 4.69) is 31.1 Å². The van der Waals surface area contributed by atoms with Crippen LogP contribution in [0.1, 0.15) is 59.3 Å². The summed E-state index contributed by atoms with van der Waals surface area (Å²) >= 11 is 0. The zero-order chi connectivity index (χ0) is 11.1. The fourth-order valence-electron chi connectivity index (χ4n) is 2.37. The number of aliphatic imine (C=N–C) groups is 1. The van der Waals surface area contributed by atoms with E-state index in [1.165, 1.54) is 37.9 Å². The van der Waals surface area contributed by atoms with Crippen molar-refractivity contribution < 1.29 is 0 Å². The molecule has 1 unspecified atom stereocenters. The summed E-state index contributed by atoms with van der Waals surface area (Å²) in [4.78, 5) is 4.62. The second-order valence-corrected chi connectivity index (χ2v) is 4.65. The van der Waals surface area contributed by atoms with Gasteiger partial charge in [0.2, 0.25) is 0 Å². The third-order valence-corrected chi connectivity index (χ3v) is 3.52. The van der Waals surface area contributed by atoms with Crippen LogP contribution in [0.15, 0.2) is 4.99 Å². The van der Waals surface area contributed by atoms with Gasteiger partial charge in [-0.25, -0.2) is 0 Å². The highest BCUT2D eigenvalue weighted by Gasteiger charge is 2.15. The first-order chi connectivity index (χ1) is 7.27. The van der Waals surface area contributed by atoms with Crippen molar-refractivity contribution in [3.05, 3.63) is 0 Å². The maximum atomic E-state index is 4.62. The van der Waals surface area contributed by atoms with E-state index in [0.717, 1.165) is 18.9 Å². The Balaban J connectivity index is 2.41. The van der Waals surface area contributed by atoms with Gasteiger partial charge < -0.3 is 5.32 Å². The molecule has 0 saturated heterocycles. The number of amidine groups is 1. The van der Waals surface area contributed by atoms with Gasteiger partial charge in [0, 0.05) is 19.0 Å². The Kier molecular flexibility index (Phi) is 5.74. The van der Waals surface area contributed by atoms with Gasteiger partial charge in [-0.1, -0.05) is 33.1 Å². The molecule has 2 nitrogen and oxygen atoms in total. The van der Waals surface area contributed by atoms with Gasteiger partial charge in [-0.2, -0.15) is 0 Å². The Morgan fingerprint density at radius 1 is 1.20 bits per heavy atom. The molecule has 0 aromatic rings. The van der Waals surface area contributed by atoms with Crippen molar-refractivity contribution in [2.75, 3.05) is 6.54 Å². The highest BCUT2D eigenvalue weighted by molar-refractivity contribution is 5.82. The lowest BCUT2D eigenvalue weighted by molar-refractivity contribution is 0.389. The van der Waals surface area contributed by atoms with Crippen molar-refractivity contribution in [2.24, 2.45) is 10.9 Å². The Hall–Kier alpha value is -0.530. The van der Waals surface area contributed by atoms with Crippen molar-refractivity contribution in [3.8, 4) is 0 Å².